The average molecular weight is 289 g/mol. The van der Waals surface area contributed by atoms with Crippen LogP contribution in [0.25, 0.3) is 0 Å². The van der Waals surface area contributed by atoms with Crippen LogP contribution in [-0.2, 0) is 0 Å². The van der Waals surface area contributed by atoms with Crippen LogP contribution in [0.15, 0.2) is 24.3 Å². The number of rotatable bonds is 4. The molecule has 2 unspecified atom stereocenters. The lowest BCUT2D eigenvalue weighted by molar-refractivity contribution is 0.197. The third kappa shape index (κ3) is 3.78. The predicted molar refractivity (Wildman–Crippen MR) is 91.7 cm³/mol. The van der Waals surface area contributed by atoms with Crippen molar-refractivity contribution in [3.8, 4) is 0 Å². The van der Waals surface area contributed by atoms with Gasteiger partial charge in [-0.1, -0.05) is 32.9 Å². The molecule has 1 aromatic carbocycles. The first-order valence-electron chi connectivity index (χ1n) is 8.04. The summed E-state index contributed by atoms with van der Waals surface area (Å²) in [6.45, 7) is 10.1. The quantitative estimate of drug-likeness (QED) is 0.924. The minimum Gasteiger partial charge on any atom is -0.378 e. The molecule has 0 spiro atoms. The van der Waals surface area contributed by atoms with Crippen molar-refractivity contribution in [2.45, 2.75) is 33.2 Å². The lowest BCUT2D eigenvalue weighted by Crippen LogP contribution is -2.33. The summed E-state index contributed by atoms with van der Waals surface area (Å²) in [4.78, 5) is 4.70. The third-order valence-electron chi connectivity index (χ3n) is 4.90. The molecule has 21 heavy (non-hydrogen) atoms. The maximum absolute atomic E-state index is 6.08. The topological polar surface area (TPSA) is 32.5 Å². The molecule has 2 atom stereocenters. The Hall–Kier alpha value is -1.06. The van der Waals surface area contributed by atoms with Crippen molar-refractivity contribution in [1.29, 1.82) is 0 Å². The molecule has 1 aliphatic rings. The summed E-state index contributed by atoms with van der Waals surface area (Å²) < 4.78 is 0. The number of nitrogens with two attached hydrogens (primary N) is 1. The van der Waals surface area contributed by atoms with Crippen molar-refractivity contribution in [3.05, 3.63) is 29.8 Å². The molecule has 0 aliphatic carbocycles. The van der Waals surface area contributed by atoms with Gasteiger partial charge in [0.05, 0.1) is 0 Å². The van der Waals surface area contributed by atoms with E-state index in [2.05, 4.69) is 68.9 Å². The van der Waals surface area contributed by atoms with Crippen molar-refractivity contribution in [2.24, 2.45) is 17.1 Å². The van der Waals surface area contributed by atoms with Gasteiger partial charge in [0.2, 0.25) is 0 Å². The van der Waals surface area contributed by atoms with Gasteiger partial charge in [0.1, 0.15) is 0 Å². The standard InChI is InChI=1S/C18H31N3/c1-18(2,3)15-10-11-21(13-15)17(12-19)14-6-8-16(9-7-14)20(4)5/h6-9,15,17H,10-13,19H2,1-5H3. The second-order valence-electron chi connectivity index (χ2n) is 7.58. The highest BCUT2D eigenvalue weighted by Gasteiger charge is 2.34. The van der Waals surface area contributed by atoms with E-state index in [1.54, 1.807) is 0 Å². The number of benzene rings is 1. The van der Waals surface area contributed by atoms with Crippen LogP contribution in [0.3, 0.4) is 0 Å². The lowest BCUT2D eigenvalue weighted by atomic mass is 9.80. The van der Waals surface area contributed by atoms with Crippen LogP contribution in [0.2, 0.25) is 0 Å². The van der Waals surface area contributed by atoms with E-state index in [1.807, 2.05) is 0 Å². The minimum absolute atomic E-state index is 0.355. The van der Waals surface area contributed by atoms with Crippen molar-refractivity contribution in [1.82, 2.24) is 4.90 Å². The molecule has 1 heterocycles. The van der Waals surface area contributed by atoms with Gasteiger partial charge in [-0.15, -0.1) is 0 Å². The van der Waals surface area contributed by atoms with E-state index in [1.165, 1.54) is 30.8 Å². The monoisotopic (exact) mass is 289 g/mol. The molecule has 0 amide bonds. The first kappa shape index (κ1) is 16.3. The van der Waals surface area contributed by atoms with Crippen molar-refractivity contribution >= 4 is 5.69 Å². The van der Waals surface area contributed by atoms with Gasteiger partial charge in [0.15, 0.2) is 0 Å². The number of nitrogens with zero attached hydrogens (tertiary/aromatic N) is 2. The van der Waals surface area contributed by atoms with Crippen LogP contribution in [0.5, 0.6) is 0 Å². The van der Waals surface area contributed by atoms with Crippen LogP contribution in [-0.4, -0.2) is 38.6 Å². The summed E-state index contributed by atoms with van der Waals surface area (Å²) >= 11 is 0. The van der Waals surface area contributed by atoms with Gasteiger partial charge in [0.25, 0.3) is 0 Å². The molecule has 1 aliphatic heterocycles. The largest absolute Gasteiger partial charge is 0.378 e. The molecule has 0 aromatic heterocycles. The van der Waals surface area contributed by atoms with Gasteiger partial charge in [-0.05, 0) is 42.0 Å². The Bertz CT molecular complexity index is 445. The van der Waals surface area contributed by atoms with Gasteiger partial charge in [-0.3, -0.25) is 4.90 Å². The van der Waals surface area contributed by atoms with Gasteiger partial charge >= 0.3 is 0 Å². The summed E-state index contributed by atoms with van der Waals surface area (Å²) in [5.41, 5.74) is 9.06. The Kier molecular flexibility index (Phi) is 4.95. The Morgan fingerprint density at radius 1 is 1.24 bits per heavy atom. The molecule has 1 fully saturated rings. The van der Waals surface area contributed by atoms with E-state index in [0.717, 1.165) is 5.92 Å². The number of likely N-dealkylation sites (tertiary alicyclic amines) is 1. The summed E-state index contributed by atoms with van der Waals surface area (Å²) in [6, 6.07) is 9.20. The minimum atomic E-state index is 0.355. The van der Waals surface area contributed by atoms with Gasteiger partial charge < -0.3 is 10.6 Å². The second-order valence-corrected chi connectivity index (χ2v) is 7.58. The van der Waals surface area contributed by atoms with E-state index >= 15 is 0 Å². The molecule has 2 N–H and O–H groups in total. The highest BCUT2D eigenvalue weighted by atomic mass is 15.2. The van der Waals surface area contributed by atoms with Crippen molar-refractivity contribution < 1.29 is 0 Å². The molecule has 0 saturated carbocycles. The summed E-state index contributed by atoms with van der Waals surface area (Å²) in [6.07, 6.45) is 1.29. The van der Waals surface area contributed by atoms with Crippen LogP contribution < -0.4 is 10.6 Å². The van der Waals surface area contributed by atoms with Crippen LogP contribution >= 0.6 is 0 Å². The maximum Gasteiger partial charge on any atom is 0.0470 e. The van der Waals surface area contributed by atoms with E-state index in [-0.39, 0.29) is 0 Å². The fourth-order valence-electron chi connectivity index (χ4n) is 3.27. The highest BCUT2D eigenvalue weighted by Crippen LogP contribution is 2.37. The lowest BCUT2D eigenvalue weighted by Gasteiger charge is -2.30. The first-order valence-corrected chi connectivity index (χ1v) is 8.04. The van der Waals surface area contributed by atoms with E-state index < -0.39 is 0 Å². The molecule has 3 nitrogen and oxygen atoms in total. The molecule has 1 saturated heterocycles. The maximum atomic E-state index is 6.08. The molecule has 3 heteroatoms. The average Bonchev–Trinajstić information content (AvgIpc) is 2.90. The van der Waals surface area contributed by atoms with E-state index in [9.17, 15) is 0 Å². The smallest absolute Gasteiger partial charge is 0.0470 e. The van der Waals surface area contributed by atoms with Gasteiger partial charge in [-0.2, -0.15) is 0 Å². The zero-order valence-electron chi connectivity index (χ0n) is 14.3. The highest BCUT2D eigenvalue weighted by molar-refractivity contribution is 5.46. The Morgan fingerprint density at radius 2 is 1.86 bits per heavy atom. The van der Waals surface area contributed by atoms with Crippen molar-refractivity contribution in [2.75, 3.05) is 38.6 Å². The van der Waals surface area contributed by atoms with Crippen LogP contribution in [0.4, 0.5) is 5.69 Å². The Morgan fingerprint density at radius 3 is 2.29 bits per heavy atom. The van der Waals surface area contributed by atoms with Gasteiger partial charge in [0, 0.05) is 38.9 Å². The number of hydrogen-bond donors (Lipinski definition) is 1. The molecule has 2 rings (SSSR count). The zero-order chi connectivity index (χ0) is 15.6. The van der Waals surface area contributed by atoms with Crippen molar-refractivity contribution in [3.63, 3.8) is 0 Å². The number of anilines is 1. The normalized spacial score (nSPS) is 21.5. The van der Waals surface area contributed by atoms with E-state index in [0.29, 0.717) is 18.0 Å². The summed E-state index contributed by atoms with van der Waals surface area (Å²) in [7, 11) is 4.15. The fraction of sp³-hybridized carbons (Fsp3) is 0.667. The Balaban J connectivity index is 2.10. The van der Waals surface area contributed by atoms with Crippen LogP contribution in [0, 0.1) is 11.3 Å². The molecular formula is C18H31N3. The number of hydrogen-bond acceptors (Lipinski definition) is 3. The third-order valence-corrected chi connectivity index (χ3v) is 4.90. The van der Waals surface area contributed by atoms with Crippen LogP contribution in [0.1, 0.15) is 38.8 Å². The first-order chi connectivity index (χ1) is 9.82. The Labute approximate surface area is 130 Å². The molecular weight excluding hydrogens is 258 g/mol. The van der Waals surface area contributed by atoms with Gasteiger partial charge in [-0.25, -0.2) is 0 Å². The molecule has 1 aromatic rings. The van der Waals surface area contributed by atoms with E-state index in [4.69, 9.17) is 5.73 Å². The summed E-state index contributed by atoms with van der Waals surface area (Å²) in [5, 5.41) is 0. The summed E-state index contributed by atoms with van der Waals surface area (Å²) in [5.74, 6) is 0.771. The zero-order valence-corrected chi connectivity index (χ0v) is 14.3. The molecule has 118 valence electrons. The second kappa shape index (κ2) is 6.37. The predicted octanol–water partition coefficient (Wildman–Crippen LogP) is 3.12. The fourth-order valence-corrected chi connectivity index (χ4v) is 3.27. The SMILES string of the molecule is CN(C)c1ccc(C(CN)N2CCC(C(C)(C)C)C2)cc1. The molecule has 0 radical (unpaired) electrons. The molecule has 0 bridgehead atoms.